The second-order valence-electron chi connectivity index (χ2n) is 7.85. The standard InChI is InChI=1S/C24H31N5O3/c30-24-28(21-10-8-20(9-11-21)17-26-18-23-7-4-15-31-23)19-27-29(24)14-12-25-13-16-32-22-5-2-1-3-6-22/h1-3,5-6,8-11,19,23,25-26H,4,7,12-18H2. The Bertz CT molecular complexity index is 994. The third kappa shape index (κ3) is 6.29. The number of benzene rings is 2. The van der Waals surface area contributed by atoms with Crippen molar-refractivity contribution in [1.82, 2.24) is 25.0 Å². The fourth-order valence-electron chi connectivity index (χ4n) is 3.69. The van der Waals surface area contributed by atoms with Crippen molar-refractivity contribution in [2.75, 3.05) is 32.8 Å². The molecular formula is C24H31N5O3. The molecule has 1 aliphatic rings. The Morgan fingerprint density at radius 3 is 2.69 bits per heavy atom. The number of para-hydroxylation sites is 1. The number of aromatic nitrogens is 3. The van der Waals surface area contributed by atoms with Crippen LogP contribution in [-0.4, -0.2) is 53.3 Å². The molecule has 0 aliphatic carbocycles. The first-order valence-electron chi connectivity index (χ1n) is 11.2. The molecule has 1 saturated heterocycles. The molecule has 32 heavy (non-hydrogen) atoms. The van der Waals surface area contributed by atoms with E-state index in [2.05, 4.69) is 15.7 Å². The molecule has 0 radical (unpaired) electrons. The molecule has 2 aromatic carbocycles. The van der Waals surface area contributed by atoms with Gasteiger partial charge in [0, 0.05) is 32.8 Å². The lowest BCUT2D eigenvalue weighted by Crippen LogP contribution is -2.30. The quantitative estimate of drug-likeness (QED) is 0.422. The first-order chi connectivity index (χ1) is 15.8. The van der Waals surface area contributed by atoms with Crippen molar-refractivity contribution in [2.24, 2.45) is 0 Å². The molecular weight excluding hydrogens is 406 g/mol. The first kappa shape index (κ1) is 22.3. The molecule has 1 atom stereocenters. The highest BCUT2D eigenvalue weighted by Crippen LogP contribution is 2.12. The molecule has 8 heteroatoms. The predicted molar refractivity (Wildman–Crippen MR) is 123 cm³/mol. The Hall–Kier alpha value is -2.94. The van der Waals surface area contributed by atoms with Gasteiger partial charge in [-0.2, -0.15) is 5.10 Å². The Kier molecular flexibility index (Phi) is 8.08. The topological polar surface area (TPSA) is 82.3 Å². The van der Waals surface area contributed by atoms with Gasteiger partial charge >= 0.3 is 5.69 Å². The maximum atomic E-state index is 12.7. The summed E-state index contributed by atoms with van der Waals surface area (Å²) in [6, 6.07) is 17.7. The highest BCUT2D eigenvalue weighted by Gasteiger charge is 2.14. The summed E-state index contributed by atoms with van der Waals surface area (Å²) in [4.78, 5) is 12.7. The van der Waals surface area contributed by atoms with E-state index in [0.29, 0.717) is 32.3 Å². The Morgan fingerprint density at radius 1 is 1.06 bits per heavy atom. The number of hydrogen-bond acceptors (Lipinski definition) is 6. The average molecular weight is 438 g/mol. The van der Waals surface area contributed by atoms with E-state index in [4.69, 9.17) is 9.47 Å². The van der Waals surface area contributed by atoms with Gasteiger partial charge in [0.2, 0.25) is 0 Å². The number of nitrogens with zero attached hydrogens (tertiary/aromatic N) is 3. The third-order valence-electron chi connectivity index (χ3n) is 5.46. The van der Waals surface area contributed by atoms with Gasteiger partial charge in [-0.3, -0.25) is 0 Å². The summed E-state index contributed by atoms with van der Waals surface area (Å²) in [5.41, 5.74) is 1.85. The summed E-state index contributed by atoms with van der Waals surface area (Å²) < 4.78 is 14.3. The normalized spacial score (nSPS) is 15.8. The van der Waals surface area contributed by atoms with E-state index in [0.717, 1.165) is 44.0 Å². The van der Waals surface area contributed by atoms with E-state index in [1.54, 1.807) is 10.9 Å². The minimum absolute atomic E-state index is 0.142. The zero-order valence-electron chi connectivity index (χ0n) is 18.3. The Morgan fingerprint density at radius 2 is 1.91 bits per heavy atom. The molecule has 2 heterocycles. The molecule has 0 amide bonds. The Balaban J connectivity index is 1.19. The molecule has 1 unspecified atom stereocenters. The number of rotatable bonds is 12. The Labute approximate surface area is 188 Å². The van der Waals surface area contributed by atoms with Gasteiger partial charge in [-0.05, 0) is 42.7 Å². The second kappa shape index (κ2) is 11.6. The van der Waals surface area contributed by atoms with Crippen LogP contribution in [0.5, 0.6) is 5.75 Å². The lowest BCUT2D eigenvalue weighted by Gasteiger charge is -2.11. The van der Waals surface area contributed by atoms with E-state index in [-0.39, 0.29) is 5.69 Å². The van der Waals surface area contributed by atoms with Crippen molar-refractivity contribution in [3.8, 4) is 11.4 Å². The molecule has 1 aromatic heterocycles. The van der Waals surface area contributed by atoms with Gasteiger partial charge in [0.1, 0.15) is 18.7 Å². The van der Waals surface area contributed by atoms with Crippen molar-refractivity contribution >= 4 is 0 Å². The van der Waals surface area contributed by atoms with Crippen molar-refractivity contribution in [3.63, 3.8) is 0 Å². The van der Waals surface area contributed by atoms with Gasteiger partial charge in [0.05, 0.1) is 18.3 Å². The van der Waals surface area contributed by atoms with Gasteiger partial charge in [-0.25, -0.2) is 14.0 Å². The summed E-state index contributed by atoms with van der Waals surface area (Å²) >= 11 is 0. The molecule has 0 saturated carbocycles. The van der Waals surface area contributed by atoms with Crippen LogP contribution in [0.1, 0.15) is 18.4 Å². The fourth-order valence-corrected chi connectivity index (χ4v) is 3.69. The zero-order chi connectivity index (χ0) is 22.0. The molecule has 0 spiro atoms. The van der Waals surface area contributed by atoms with E-state index < -0.39 is 0 Å². The largest absolute Gasteiger partial charge is 0.492 e. The van der Waals surface area contributed by atoms with Crippen LogP contribution in [0.2, 0.25) is 0 Å². The van der Waals surface area contributed by atoms with Gasteiger partial charge in [-0.1, -0.05) is 30.3 Å². The van der Waals surface area contributed by atoms with Crippen molar-refractivity contribution in [1.29, 1.82) is 0 Å². The van der Waals surface area contributed by atoms with Crippen LogP contribution >= 0.6 is 0 Å². The summed E-state index contributed by atoms with van der Waals surface area (Å²) in [5.74, 6) is 0.855. The minimum atomic E-state index is -0.142. The van der Waals surface area contributed by atoms with Crippen molar-refractivity contribution < 1.29 is 9.47 Å². The smallest absolute Gasteiger partial charge is 0.350 e. The molecule has 170 valence electrons. The van der Waals surface area contributed by atoms with Crippen LogP contribution in [0.3, 0.4) is 0 Å². The zero-order valence-corrected chi connectivity index (χ0v) is 18.3. The minimum Gasteiger partial charge on any atom is -0.492 e. The van der Waals surface area contributed by atoms with Crippen LogP contribution in [-0.2, 0) is 17.8 Å². The van der Waals surface area contributed by atoms with Gasteiger partial charge < -0.3 is 20.1 Å². The molecule has 8 nitrogen and oxygen atoms in total. The second-order valence-corrected chi connectivity index (χ2v) is 7.85. The molecule has 0 bridgehead atoms. The van der Waals surface area contributed by atoms with Gasteiger partial charge in [0.15, 0.2) is 0 Å². The van der Waals surface area contributed by atoms with Crippen LogP contribution in [0.15, 0.2) is 65.7 Å². The lowest BCUT2D eigenvalue weighted by atomic mass is 10.2. The van der Waals surface area contributed by atoms with E-state index in [1.807, 2.05) is 54.6 Å². The number of ether oxygens (including phenoxy) is 2. The van der Waals surface area contributed by atoms with Gasteiger partial charge in [0.25, 0.3) is 0 Å². The van der Waals surface area contributed by atoms with Crippen molar-refractivity contribution in [2.45, 2.75) is 32.0 Å². The van der Waals surface area contributed by atoms with E-state index >= 15 is 0 Å². The lowest BCUT2D eigenvalue weighted by molar-refractivity contribution is 0.110. The van der Waals surface area contributed by atoms with Crippen LogP contribution in [0.25, 0.3) is 5.69 Å². The first-order valence-corrected chi connectivity index (χ1v) is 11.2. The molecule has 2 N–H and O–H groups in total. The van der Waals surface area contributed by atoms with E-state index in [1.165, 1.54) is 10.2 Å². The summed E-state index contributed by atoms with van der Waals surface area (Å²) in [6.07, 6.45) is 4.20. The maximum Gasteiger partial charge on any atom is 0.350 e. The van der Waals surface area contributed by atoms with E-state index in [9.17, 15) is 4.79 Å². The van der Waals surface area contributed by atoms with Crippen LogP contribution in [0.4, 0.5) is 0 Å². The predicted octanol–water partition coefficient (Wildman–Crippen LogP) is 1.97. The molecule has 3 aromatic rings. The number of nitrogens with one attached hydrogen (secondary N) is 2. The molecule has 1 aliphatic heterocycles. The van der Waals surface area contributed by atoms with Crippen LogP contribution in [0, 0.1) is 0 Å². The average Bonchev–Trinajstić information content (AvgIpc) is 3.47. The number of hydrogen-bond donors (Lipinski definition) is 2. The third-order valence-corrected chi connectivity index (χ3v) is 5.46. The molecule has 4 rings (SSSR count). The SMILES string of the molecule is O=c1n(-c2ccc(CNCC3CCCO3)cc2)cnn1CCNCCOc1ccccc1. The molecule has 1 fully saturated rings. The van der Waals surface area contributed by atoms with Gasteiger partial charge in [-0.15, -0.1) is 0 Å². The maximum absolute atomic E-state index is 12.7. The van der Waals surface area contributed by atoms with Crippen LogP contribution < -0.4 is 21.1 Å². The van der Waals surface area contributed by atoms with Crippen molar-refractivity contribution in [3.05, 3.63) is 77.0 Å². The summed E-state index contributed by atoms with van der Waals surface area (Å²) in [6.45, 7) is 4.96. The monoisotopic (exact) mass is 437 g/mol. The summed E-state index contributed by atoms with van der Waals surface area (Å²) in [5, 5.41) is 11.0. The fraction of sp³-hybridized carbons (Fsp3) is 0.417. The highest BCUT2D eigenvalue weighted by atomic mass is 16.5. The highest BCUT2D eigenvalue weighted by molar-refractivity contribution is 5.34. The summed E-state index contributed by atoms with van der Waals surface area (Å²) in [7, 11) is 0.